The smallest absolute Gasteiger partial charge is 0.246 e. The van der Waals surface area contributed by atoms with E-state index in [1.165, 1.54) is 0 Å². The molecule has 0 aliphatic rings. The number of nitrogens with one attached hydrogen (secondary N) is 1. The Balaban J connectivity index is 3.97. The third-order valence-corrected chi connectivity index (χ3v) is 2.50. The van der Waals surface area contributed by atoms with Crippen LogP contribution in [0.25, 0.3) is 0 Å². The quantitative estimate of drug-likeness (QED) is 0.394. The maximum absolute atomic E-state index is 11.7. The summed E-state index contributed by atoms with van der Waals surface area (Å²) in [5.74, 6) is -0.0338. The Morgan fingerprint density at radius 2 is 1.83 bits per heavy atom. The molecule has 0 unspecified atom stereocenters. The van der Waals surface area contributed by atoms with Gasteiger partial charge in [0.05, 0.1) is 0 Å². The van der Waals surface area contributed by atoms with E-state index in [4.69, 9.17) is 11.5 Å². The molecule has 0 spiro atoms. The lowest BCUT2D eigenvalue weighted by Gasteiger charge is -2.20. The third-order valence-electron chi connectivity index (χ3n) is 2.50. The zero-order chi connectivity index (χ0) is 13.8. The fraction of sp³-hybridized carbons (Fsp3) is 0.615. The van der Waals surface area contributed by atoms with Crippen LogP contribution < -0.4 is 16.8 Å². The third kappa shape index (κ3) is 8.00. The Bertz CT molecular complexity index is 281. The summed E-state index contributed by atoms with van der Waals surface area (Å²) in [5, 5.41) is 2.87. The van der Waals surface area contributed by atoms with Crippen LogP contribution in [0.5, 0.6) is 0 Å². The first-order valence-electron chi connectivity index (χ1n) is 6.36. The fourth-order valence-corrected chi connectivity index (χ4v) is 1.48. The molecule has 0 radical (unpaired) electrons. The first kappa shape index (κ1) is 16.8. The lowest BCUT2D eigenvalue weighted by molar-refractivity contribution is -0.117. The van der Waals surface area contributed by atoms with Gasteiger partial charge in [-0.2, -0.15) is 0 Å². The number of amides is 1. The number of allylic oxidation sites excluding steroid dienone is 3. The molecule has 104 valence electrons. The molecule has 18 heavy (non-hydrogen) atoms. The van der Waals surface area contributed by atoms with E-state index in [0.717, 1.165) is 19.6 Å². The van der Waals surface area contributed by atoms with Gasteiger partial charge in [0.1, 0.15) is 0 Å². The molecule has 0 aromatic heterocycles. The molecular formula is C13H26N4O. The van der Waals surface area contributed by atoms with Crippen molar-refractivity contribution in [3.63, 3.8) is 0 Å². The number of carbonyl (C=O) groups excluding carboxylic acids is 1. The van der Waals surface area contributed by atoms with E-state index in [-0.39, 0.29) is 5.91 Å². The minimum Gasteiger partial charge on any atom is -0.351 e. The van der Waals surface area contributed by atoms with Gasteiger partial charge in [0.2, 0.25) is 5.91 Å². The molecular weight excluding hydrogens is 228 g/mol. The van der Waals surface area contributed by atoms with Gasteiger partial charge in [0, 0.05) is 44.8 Å². The van der Waals surface area contributed by atoms with Crippen LogP contribution in [0.4, 0.5) is 0 Å². The van der Waals surface area contributed by atoms with Gasteiger partial charge in [-0.05, 0) is 13.8 Å². The highest BCUT2D eigenvalue weighted by Crippen LogP contribution is 1.93. The molecule has 0 heterocycles. The number of carbonyl (C=O) groups is 1. The van der Waals surface area contributed by atoms with Crippen molar-refractivity contribution in [2.75, 3.05) is 39.3 Å². The second-order valence-electron chi connectivity index (χ2n) is 4.05. The number of hydrogen-bond donors (Lipinski definition) is 3. The van der Waals surface area contributed by atoms with Gasteiger partial charge in [-0.3, -0.25) is 9.69 Å². The summed E-state index contributed by atoms with van der Waals surface area (Å²) in [4.78, 5) is 13.8. The van der Waals surface area contributed by atoms with Crippen LogP contribution in [0.2, 0.25) is 0 Å². The summed E-state index contributed by atoms with van der Waals surface area (Å²) in [6, 6.07) is 0. The van der Waals surface area contributed by atoms with Crippen molar-refractivity contribution in [3.8, 4) is 0 Å². The van der Waals surface area contributed by atoms with Gasteiger partial charge in [-0.25, -0.2) is 0 Å². The number of nitrogens with zero attached hydrogens (tertiary/aromatic N) is 1. The normalized spacial score (nSPS) is 12.4. The fourth-order valence-electron chi connectivity index (χ4n) is 1.48. The van der Waals surface area contributed by atoms with Gasteiger partial charge in [-0.15, -0.1) is 0 Å². The Kier molecular flexibility index (Phi) is 10.2. The van der Waals surface area contributed by atoms with Crippen molar-refractivity contribution >= 4 is 5.91 Å². The van der Waals surface area contributed by atoms with Gasteiger partial charge < -0.3 is 16.8 Å². The SMILES string of the molecule is C/C=C/C=C(/C)C(=O)NCCN(CCN)CCN. The number of rotatable bonds is 9. The summed E-state index contributed by atoms with van der Waals surface area (Å²) >= 11 is 0. The van der Waals surface area contributed by atoms with Crippen LogP contribution in [0.3, 0.4) is 0 Å². The van der Waals surface area contributed by atoms with Crippen LogP contribution >= 0.6 is 0 Å². The Morgan fingerprint density at radius 3 is 2.33 bits per heavy atom. The van der Waals surface area contributed by atoms with Gasteiger partial charge >= 0.3 is 0 Å². The van der Waals surface area contributed by atoms with Crippen molar-refractivity contribution in [2.24, 2.45) is 11.5 Å². The van der Waals surface area contributed by atoms with Crippen molar-refractivity contribution in [2.45, 2.75) is 13.8 Å². The molecule has 0 aliphatic heterocycles. The molecule has 0 rings (SSSR count). The first-order chi connectivity index (χ1) is 8.65. The maximum atomic E-state index is 11.7. The zero-order valence-electron chi connectivity index (χ0n) is 11.5. The van der Waals surface area contributed by atoms with E-state index in [0.29, 0.717) is 25.2 Å². The molecule has 0 bridgehead atoms. The summed E-state index contributed by atoms with van der Waals surface area (Å²) in [7, 11) is 0. The Labute approximate surface area is 110 Å². The van der Waals surface area contributed by atoms with Crippen molar-refractivity contribution in [1.29, 1.82) is 0 Å². The van der Waals surface area contributed by atoms with E-state index in [1.54, 1.807) is 13.0 Å². The lowest BCUT2D eigenvalue weighted by Crippen LogP contribution is -2.40. The molecule has 0 aromatic rings. The van der Waals surface area contributed by atoms with Crippen molar-refractivity contribution in [3.05, 3.63) is 23.8 Å². The standard InChI is InChI=1S/C13H26N4O/c1-3-4-5-12(2)13(18)16-8-11-17(9-6-14)10-7-15/h3-5H,6-11,14-15H2,1-2H3,(H,16,18)/b4-3+,12-5-. The molecule has 0 saturated carbocycles. The molecule has 5 heteroatoms. The van der Waals surface area contributed by atoms with E-state index in [2.05, 4.69) is 10.2 Å². The van der Waals surface area contributed by atoms with Gasteiger partial charge in [-0.1, -0.05) is 18.2 Å². The predicted octanol–water partition coefficient (Wildman–Crippen LogP) is -0.156. The Hall–Kier alpha value is -1.17. The summed E-state index contributed by atoms with van der Waals surface area (Å²) in [6.07, 6.45) is 5.54. The highest BCUT2D eigenvalue weighted by molar-refractivity contribution is 5.93. The predicted molar refractivity (Wildman–Crippen MR) is 76.1 cm³/mol. The monoisotopic (exact) mass is 254 g/mol. The molecule has 0 saturated heterocycles. The lowest BCUT2D eigenvalue weighted by atomic mass is 10.2. The molecule has 0 aromatic carbocycles. The summed E-state index contributed by atoms with van der Waals surface area (Å²) in [5.41, 5.74) is 11.7. The van der Waals surface area contributed by atoms with Crippen LogP contribution in [-0.2, 0) is 4.79 Å². The molecule has 0 aliphatic carbocycles. The molecule has 1 amide bonds. The largest absolute Gasteiger partial charge is 0.351 e. The van der Waals surface area contributed by atoms with Crippen molar-refractivity contribution in [1.82, 2.24) is 10.2 Å². The molecule has 5 N–H and O–H groups in total. The second-order valence-corrected chi connectivity index (χ2v) is 4.05. The highest BCUT2D eigenvalue weighted by atomic mass is 16.1. The van der Waals surface area contributed by atoms with E-state index < -0.39 is 0 Å². The average Bonchev–Trinajstić information content (AvgIpc) is 2.36. The van der Waals surface area contributed by atoms with Crippen LogP contribution in [0, 0.1) is 0 Å². The van der Waals surface area contributed by atoms with Crippen LogP contribution in [0.1, 0.15) is 13.8 Å². The second kappa shape index (κ2) is 11.0. The van der Waals surface area contributed by atoms with Crippen molar-refractivity contribution < 1.29 is 4.79 Å². The molecule has 5 nitrogen and oxygen atoms in total. The maximum Gasteiger partial charge on any atom is 0.246 e. The first-order valence-corrected chi connectivity index (χ1v) is 6.36. The number of nitrogens with two attached hydrogens (primary N) is 2. The topological polar surface area (TPSA) is 84.4 Å². The summed E-state index contributed by atoms with van der Waals surface area (Å²) < 4.78 is 0. The van der Waals surface area contributed by atoms with Crippen LogP contribution in [-0.4, -0.2) is 50.1 Å². The van der Waals surface area contributed by atoms with E-state index in [1.807, 2.05) is 19.1 Å². The molecule has 0 fully saturated rings. The van der Waals surface area contributed by atoms with Crippen LogP contribution in [0.15, 0.2) is 23.8 Å². The highest BCUT2D eigenvalue weighted by Gasteiger charge is 2.05. The minimum absolute atomic E-state index is 0.0338. The average molecular weight is 254 g/mol. The van der Waals surface area contributed by atoms with Gasteiger partial charge in [0.25, 0.3) is 0 Å². The summed E-state index contributed by atoms with van der Waals surface area (Å²) in [6.45, 7) is 7.92. The minimum atomic E-state index is -0.0338. The Morgan fingerprint density at radius 1 is 1.22 bits per heavy atom. The zero-order valence-corrected chi connectivity index (χ0v) is 11.5. The molecule has 0 atom stereocenters. The van der Waals surface area contributed by atoms with Gasteiger partial charge in [0.15, 0.2) is 0 Å². The van der Waals surface area contributed by atoms with E-state index in [9.17, 15) is 4.79 Å². The van der Waals surface area contributed by atoms with E-state index >= 15 is 0 Å². The number of hydrogen-bond acceptors (Lipinski definition) is 4.